The zero-order valence-electron chi connectivity index (χ0n) is 12.4. The predicted molar refractivity (Wildman–Crippen MR) is 90.1 cm³/mol. The van der Waals surface area contributed by atoms with Crippen LogP contribution in [0.2, 0.25) is 0 Å². The van der Waals surface area contributed by atoms with Crippen LogP contribution in [0, 0.1) is 6.92 Å². The average molecular weight is 335 g/mol. The zero-order chi connectivity index (χ0) is 16.2. The molecule has 0 bridgehead atoms. The second-order valence-corrected chi connectivity index (χ2v) is 8.01. The third-order valence-corrected chi connectivity index (χ3v) is 5.05. The minimum Gasteiger partial charge on any atom is -0.325 e. The van der Waals surface area contributed by atoms with E-state index in [1.54, 1.807) is 12.1 Å². The van der Waals surface area contributed by atoms with Gasteiger partial charge < -0.3 is 5.32 Å². The predicted octanol–water partition coefficient (Wildman–Crippen LogP) is 3.13. The number of rotatable bonds is 5. The molecule has 6 heteroatoms. The van der Waals surface area contributed by atoms with E-state index in [-0.39, 0.29) is 10.8 Å². The van der Waals surface area contributed by atoms with Crippen LogP contribution in [0.25, 0.3) is 0 Å². The van der Waals surface area contributed by atoms with Crippen molar-refractivity contribution < 1.29 is 13.2 Å². The highest BCUT2D eigenvalue weighted by Gasteiger charge is 2.08. The summed E-state index contributed by atoms with van der Waals surface area (Å²) in [6, 6.07) is 14.1. The Hall–Kier alpha value is -1.79. The van der Waals surface area contributed by atoms with Crippen LogP contribution >= 0.6 is 11.8 Å². The summed E-state index contributed by atoms with van der Waals surface area (Å²) < 4.78 is 22.7. The summed E-state index contributed by atoms with van der Waals surface area (Å²) in [7, 11) is -3.22. The molecule has 22 heavy (non-hydrogen) atoms. The highest BCUT2D eigenvalue weighted by molar-refractivity contribution is 8.00. The maximum absolute atomic E-state index is 11.9. The van der Waals surface area contributed by atoms with Crippen LogP contribution in [0.3, 0.4) is 0 Å². The van der Waals surface area contributed by atoms with Gasteiger partial charge in [-0.2, -0.15) is 0 Å². The number of carbonyl (C=O) groups is 1. The fourth-order valence-corrected chi connectivity index (χ4v) is 3.28. The first-order valence-electron chi connectivity index (χ1n) is 6.64. The summed E-state index contributed by atoms with van der Waals surface area (Å²) in [5.74, 6) is 0.177. The lowest BCUT2D eigenvalue weighted by atomic mass is 10.2. The first-order chi connectivity index (χ1) is 10.3. The molecular formula is C16H17NO3S2. The Morgan fingerprint density at radius 2 is 1.82 bits per heavy atom. The Morgan fingerprint density at radius 3 is 2.41 bits per heavy atom. The zero-order valence-corrected chi connectivity index (χ0v) is 14.0. The van der Waals surface area contributed by atoms with Crippen molar-refractivity contribution in [2.24, 2.45) is 0 Å². The first-order valence-corrected chi connectivity index (χ1v) is 9.52. The molecule has 2 rings (SSSR count). The highest BCUT2D eigenvalue weighted by atomic mass is 32.2. The number of benzene rings is 2. The maximum atomic E-state index is 11.9. The van der Waals surface area contributed by atoms with Gasteiger partial charge in [0.25, 0.3) is 0 Å². The molecule has 0 radical (unpaired) electrons. The number of amides is 1. The molecule has 0 atom stereocenters. The van der Waals surface area contributed by atoms with Gasteiger partial charge in [-0.15, -0.1) is 11.8 Å². The van der Waals surface area contributed by atoms with Crippen LogP contribution in [-0.2, 0) is 14.6 Å². The lowest BCUT2D eigenvalue weighted by molar-refractivity contribution is -0.113. The van der Waals surface area contributed by atoms with Crippen molar-refractivity contribution in [3.8, 4) is 0 Å². The van der Waals surface area contributed by atoms with Crippen molar-refractivity contribution in [2.45, 2.75) is 16.7 Å². The van der Waals surface area contributed by atoms with E-state index in [4.69, 9.17) is 0 Å². The van der Waals surface area contributed by atoms with Gasteiger partial charge in [-0.25, -0.2) is 8.42 Å². The molecule has 4 nitrogen and oxygen atoms in total. The van der Waals surface area contributed by atoms with Crippen molar-refractivity contribution in [3.63, 3.8) is 0 Å². The molecule has 0 spiro atoms. The molecule has 1 amide bonds. The molecule has 0 aliphatic heterocycles. The summed E-state index contributed by atoms with van der Waals surface area (Å²) in [5, 5.41) is 2.75. The van der Waals surface area contributed by atoms with Crippen molar-refractivity contribution in [3.05, 3.63) is 54.1 Å². The van der Waals surface area contributed by atoms with E-state index < -0.39 is 9.84 Å². The van der Waals surface area contributed by atoms with E-state index in [1.807, 2.05) is 31.2 Å². The SMILES string of the molecule is Cc1cccc(SCC(=O)Nc2ccc(S(C)(=O)=O)cc2)c1. The quantitative estimate of drug-likeness (QED) is 0.853. The molecule has 0 heterocycles. The Balaban J connectivity index is 1.92. The number of anilines is 1. The number of thioether (sulfide) groups is 1. The number of aryl methyl sites for hydroxylation is 1. The van der Waals surface area contributed by atoms with Gasteiger partial charge in [-0.05, 0) is 43.3 Å². The summed E-state index contributed by atoms with van der Waals surface area (Å²) in [6.07, 6.45) is 1.15. The van der Waals surface area contributed by atoms with Gasteiger partial charge in [0.1, 0.15) is 0 Å². The normalized spacial score (nSPS) is 11.2. The van der Waals surface area contributed by atoms with Crippen molar-refractivity contribution in [2.75, 3.05) is 17.3 Å². The lowest BCUT2D eigenvalue weighted by Gasteiger charge is -2.06. The van der Waals surface area contributed by atoms with Crippen molar-refractivity contribution >= 4 is 33.2 Å². The third kappa shape index (κ3) is 4.89. The van der Waals surface area contributed by atoms with Crippen LogP contribution in [0.5, 0.6) is 0 Å². The molecule has 0 aromatic heterocycles. The van der Waals surface area contributed by atoms with Crippen LogP contribution in [0.1, 0.15) is 5.56 Å². The van der Waals surface area contributed by atoms with Gasteiger partial charge in [0.15, 0.2) is 9.84 Å². The van der Waals surface area contributed by atoms with Gasteiger partial charge in [0.2, 0.25) is 5.91 Å². The molecule has 0 aliphatic carbocycles. The third-order valence-electron chi connectivity index (χ3n) is 2.93. The molecule has 0 fully saturated rings. The van der Waals surface area contributed by atoms with Crippen molar-refractivity contribution in [1.29, 1.82) is 0 Å². The molecule has 0 saturated heterocycles. The fraction of sp³-hybridized carbons (Fsp3) is 0.188. The number of sulfone groups is 1. The fourth-order valence-electron chi connectivity index (χ4n) is 1.84. The van der Waals surface area contributed by atoms with Crippen molar-refractivity contribution in [1.82, 2.24) is 0 Å². The van der Waals surface area contributed by atoms with Gasteiger partial charge in [-0.1, -0.05) is 17.7 Å². The number of hydrogen-bond acceptors (Lipinski definition) is 4. The Morgan fingerprint density at radius 1 is 1.14 bits per heavy atom. The average Bonchev–Trinajstić information content (AvgIpc) is 2.45. The van der Waals surface area contributed by atoms with E-state index in [1.165, 1.54) is 23.9 Å². The smallest absolute Gasteiger partial charge is 0.234 e. The molecule has 0 unspecified atom stereocenters. The second kappa shape index (κ2) is 6.98. The molecule has 2 aromatic carbocycles. The number of carbonyl (C=O) groups excluding carboxylic acids is 1. The van der Waals surface area contributed by atoms with E-state index in [0.717, 1.165) is 16.7 Å². The standard InChI is InChI=1S/C16H17NO3S2/c1-12-4-3-5-14(10-12)21-11-16(18)17-13-6-8-15(9-7-13)22(2,19)20/h3-10H,11H2,1-2H3,(H,17,18). The van der Waals surface area contributed by atoms with Gasteiger partial charge in [0.05, 0.1) is 10.6 Å². The van der Waals surface area contributed by atoms with E-state index in [9.17, 15) is 13.2 Å². The summed E-state index contributed by atoms with van der Waals surface area (Å²) in [4.78, 5) is 13.2. The maximum Gasteiger partial charge on any atom is 0.234 e. The largest absolute Gasteiger partial charge is 0.325 e. The summed E-state index contributed by atoms with van der Waals surface area (Å²) >= 11 is 1.46. The minimum absolute atomic E-state index is 0.126. The first kappa shape index (κ1) is 16.6. The minimum atomic E-state index is -3.22. The van der Waals surface area contributed by atoms with Gasteiger partial charge in [0, 0.05) is 16.8 Å². The molecule has 0 saturated carbocycles. The molecule has 1 N–H and O–H groups in total. The Kier molecular flexibility index (Phi) is 5.26. The Bertz CT molecular complexity index is 768. The van der Waals surface area contributed by atoms with E-state index >= 15 is 0 Å². The Labute approximate surface area is 134 Å². The highest BCUT2D eigenvalue weighted by Crippen LogP contribution is 2.19. The monoisotopic (exact) mass is 335 g/mol. The van der Waals surface area contributed by atoms with Crippen LogP contribution in [-0.4, -0.2) is 26.3 Å². The molecule has 0 aliphatic rings. The lowest BCUT2D eigenvalue weighted by Crippen LogP contribution is -2.14. The van der Waals surface area contributed by atoms with Crippen LogP contribution in [0.15, 0.2) is 58.3 Å². The topological polar surface area (TPSA) is 63.2 Å². The molecule has 2 aromatic rings. The van der Waals surface area contributed by atoms with Crippen LogP contribution in [0.4, 0.5) is 5.69 Å². The summed E-state index contributed by atoms with van der Waals surface area (Å²) in [6.45, 7) is 2.01. The van der Waals surface area contributed by atoms with Gasteiger partial charge in [-0.3, -0.25) is 4.79 Å². The molecule has 116 valence electrons. The summed E-state index contributed by atoms with van der Waals surface area (Å²) in [5.41, 5.74) is 1.74. The van der Waals surface area contributed by atoms with Crippen LogP contribution < -0.4 is 5.32 Å². The molecular weight excluding hydrogens is 318 g/mol. The number of nitrogens with one attached hydrogen (secondary N) is 1. The van der Waals surface area contributed by atoms with E-state index in [2.05, 4.69) is 5.32 Å². The number of hydrogen-bond donors (Lipinski definition) is 1. The van der Waals surface area contributed by atoms with Gasteiger partial charge >= 0.3 is 0 Å². The van der Waals surface area contributed by atoms with E-state index in [0.29, 0.717) is 11.4 Å². The second-order valence-electron chi connectivity index (χ2n) is 4.95.